The lowest BCUT2D eigenvalue weighted by Crippen LogP contribution is -2.54. The average molecular weight is 769 g/mol. The maximum Gasteiger partial charge on any atom is 0.249 e. The molecule has 13 nitrogen and oxygen atoms in total. The molecular formula is C44H52N10O3. The number of imide groups is 1. The summed E-state index contributed by atoms with van der Waals surface area (Å²) in [6.45, 7) is 4.66. The lowest BCUT2D eigenvalue weighted by Gasteiger charge is -2.42. The fourth-order valence-electron chi connectivity index (χ4n) is 11.1. The SMILES string of the molecule is Nc1nnc(-c2ccccc2O)cc1N1C[C@H]2CC[C@@H](C1)N2c1nccc(C2CCN(C3CCC(c4cccc5c4CCN5C4CCC(=O)NC4=O)CC3)CC2)n1. The summed E-state index contributed by atoms with van der Waals surface area (Å²) in [5, 5.41) is 21.6. The van der Waals surface area contributed by atoms with Gasteiger partial charge in [0.2, 0.25) is 17.8 Å². The van der Waals surface area contributed by atoms with E-state index in [1.807, 2.05) is 24.4 Å². The molecule has 2 aromatic heterocycles. The number of benzene rings is 2. The van der Waals surface area contributed by atoms with E-state index in [0.717, 1.165) is 76.5 Å². The van der Waals surface area contributed by atoms with Crippen LogP contribution in [0.2, 0.25) is 0 Å². The summed E-state index contributed by atoms with van der Waals surface area (Å²) >= 11 is 0. The number of hydrogen-bond donors (Lipinski definition) is 3. The van der Waals surface area contributed by atoms with E-state index in [4.69, 9.17) is 15.7 Å². The number of anilines is 4. The molecule has 4 aromatic rings. The Morgan fingerprint density at radius 3 is 2.30 bits per heavy atom. The Kier molecular flexibility index (Phi) is 9.42. The molecular weight excluding hydrogens is 717 g/mol. The highest BCUT2D eigenvalue weighted by molar-refractivity contribution is 6.02. The lowest BCUT2D eigenvalue weighted by molar-refractivity contribution is -0.134. The van der Waals surface area contributed by atoms with Gasteiger partial charge >= 0.3 is 0 Å². The third-order valence-electron chi connectivity index (χ3n) is 14.0. The summed E-state index contributed by atoms with van der Waals surface area (Å²) in [5.41, 5.74) is 13.8. The summed E-state index contributed by atoms with van der Waals surface area (Å²) in [6.07, 6.45) is 13.2. The number of para-hydroxylation sites is 1. The molecule has 10 rings (SSSR count). The molecule has 5 aliphatic heterocycles. The van der Waals surface area contributed by atoms with Gasteiger partial charge in [-0.1, -0.05) is 24.3 Å². The van der Waals surface area contributed by atoms with E-state index in [0.29, 0.717) is 47.8 Å². The van der Waals surface area contributed by atoms with Crippen molar-refractivity contribution in [2.24, 2.45) is 0 Å². The molecule has 57 heavy (non-hydrogen) atoms. The van der Waals surface area contributed by atoms with E-state index in [2.05, 4.69) is 59.4 Å². The monoisotopic (exact) mass is 768 g/mol. The van der Waals surface area contributed by atoms with E-state index in [1.165, 1.54) is 48.2 Å². The maximum atomic E-state index is 12.7. The van der Waals surface area contributed by atoms with Crippen LogP contribution in [0.1, 0.15) is 92.9 Å². The van der Waals surface area contributed by atoms with Crippen molar-refractivity contribution in [1.29, 1.82) is 0 Å². The van der Waals surface area contributed by atoms with Crippen LogP contribution in [-0.4, -0.2) is 98.9 Å². The number of piperidine rings is 2. The number of piperazine rings is 1. The molecule has 2 amide bonds. The number of aromatic hydroxyl groups is 1. The number of nitrogen functional groups attached to an aromatic ring is 1. The first-order chi connectivity index (χ1) is 27.9. The summed E-state index contributed by atoms with van der Waals surface area (Å²) in [5.74, 6) is 2.12. The number of carbonyl (C=O) groups excluding carboxylic acids is 2. The molecule has 13 heteroatoms. The fraction of sp³-hybridized carbons (Fsp3) is 0.500. The van der Waals surface area contributed by atoms with Gasteiger partial charge in [0, 0.05) is 73.2 Å². The van der Waals surface area contributed by atoms with Crippen LogP contribution in [0.5, 0.6) is 5.75 Å². The van der Waals surface area contributed by atoms with E-state index >= 15 is 0 Å². The summed E-state index contributed by atoms with van der Waals surface area (Å²) in [7, 11) is 0. The van der Waals surface area contributed by atoms with Crippen LogP contribution < -0.4 is 25.8 Å². The van der Waals surface area contributed by atoms with Crippen molar-refractivity contribution in [3.05, 3.63) is 77.6 Å². The summed E-state index contributed by atoms with van der Waals surface area (Å²) in [6, 6.07) is 18.9. The van der Waals surface area contributed by atoms with Crippen molar-refractivity contribution in [2.75, 3.05) is 53.2 Å². The van der Waals surface area contributed by atoms with Crippen molar-refractivity contribution in [1.82, 2.24) is 30.4 Å². The highest BCUT2D eigenvalue weighted by Gasteiger charge is 2.43. The first-order valence-corrected chi connectivity index (χ1v) is 21.1. The zero-order valence-corrected chi connectivity index (χ0v) is 32.5. The van der Waals surface area contributed by atoms with Crippen LogP contribution in [-0.2, 0) is 16.0 Å². The molecule has 2 bridgehead atoms. The normalized spacial score (nSPS) is 26.8. The van der Waals surface area contributed by atoms with Crippen molar-refractivity contribution in [3.8, 4) is 17.0 Å². The molecule has 3 atom stereocenters. The predicted molar refractivity (Wildman–Crippen MR) is 219 cm³/mol. The topological polar surface area (TPSA) is 157 Å². The second kappa shape index (κ2) is 14.9. The van der Waals surface area contributed by atoms with Crippen LogP contribution in [0, 0.1) is 0 Å². The predicted octanol–water partition coefficient (Wildman–Crippen LogP) is 5.15. The smallest absolute Gasteiger partial charge is 0.249 e. The second-order valence-electron chi connectivity index (χ2n) is 17.1. The molecule has 7 heterocycles. The van der Waals surface area contributed by atoms with Gasteiger partial charge in [0.15, 0.2) is 5.82 Å². The van der Waals surface area contributed by atoms with Crippen LogP contribution in [0.25, 0.3) is 11.3 Å². The third kappa shape index (κ3) is 6.73. The zero-order valence-electron chi connectivity index (χ0n) is 32.5. The zero-order chi connectivity index (χ0) is 38.6. The standard InChI is InChI=1S/C44H52N10O3/c45-42-39(24-36(49-50-42)34-4-1-2-7-40(34)55)52-25-30-12-13-31(26-52)54(30)44-46-20-16-35(47-44)28-17-21-51(22-18-28)29-10-8-27(9-11-29)32-5-3-6-37-33(32)19-23-53(37)38-14-15-41(56)48-43(38)57/h1-7,16,20,24,27-31,38,55H,8-15,17-19,21-23,25-26H2,(H2,45,50)(H,48,56,57)/t27?,29?,30-,31+,38?. The molecule has 1 unspecified atom stereocenters. The van der Waals surface area contributed by atoms with Gasteiger partial charge in [-0.25, -0.2) is 9.97 Å². The summed E-state index contributed by atoms with van der Waals surface area (Å²) in [4.78, 5) is 44.3. The Morgan fingerprint density at radius 2 is 1.53 bits per heavy atom. The van der Waals surface area contributed by atoms with Gasteiger partial charge in [0.1, 0.15) is 11.8 Å². The number of fused-ring (bicyclic) bond motifs is 3. The largest absolute Gasteiger partial charge is 0.507 e. The van der Waals surface area contributed by atoms with Gasteiger partial charge < -0.3 is 30.4 Å². The van der Waals surface area contributed by atoms with Crippen LogP contribution in [0.4, 0.5) is 23.1 Å². The highest BCUT2D eigenvalue weighted by atomic mass is 16.3. The number of nitrogens with one attached hydrogen (secondary N) is 1. The van der Waals surface area contributed by atoms with Crippen molar-refractivity contribution >= 4 is 35.0 Å². The highest BCUT2D eigenvalue weighted by Crippen LogP contribution is 2.43. The molecule has 0 spiro atoms. The second-order valence-corrected chi connectivity index (χ2v) is 17.1. The number of likely N-dealkylation sites (tertiary alicyclic amines) is 1. The number of nitrogens with zero attached hydrogens (tertiary/aromatic N) is 8. The third-order valence-corrected chi connectivity index (χ3v) is 14.0. The number of nitrogens with two attached hydrogens (primary N) is 1. The minimum Gasteiger partial charge on any atom is -0.507 e. The van der Waals surface area contributed by atoms with E-state index in [-0.39, 0.29) is 35.7 Å². The Labute approximate surface area is 333 Å². The number of hydrogen-bond acceptors (Lipinski definition) is 12. The Bertz CT molecular complexity index is 2150. The molecule has 4 saturated heterocycles. The Morgan fingerprint density at radius 1 is 0.754 bits per heavy atom. The molecule has 4 N–H and O–H groups in total. The van der Waals surface area contributed by atoms with Gasteiger partial charge in [-0.2, -0.15) is 0 Å². The van der Waals surface area contributed by atoms with E-state index < -0.39 is 0 Å². The van der Waals surface area contributed by atoms with Crippen molar-refractivity contribution in [3.63, 3.8) is 0 Å². The molecule has 1 aliphatic carbocycles. The van der Waals surface area contributed by atoms with Crippen molar-refractivity contribution in [2.45, 2.75) is 107 Å². The van der Waals surface area contributed by atoms with Crippen LogP contribution >= 0.6 is 0 Å². The number of rotatable bonds is 7. The maximum absolute atomic E-state index is 12.7. The molecule has 296 valence electrons. The number of phenolic OH excluding ortho intramolecular Hbond substituents is 1. The number of aromatic nitrogens is 4. The fourth-order valence-corrected chi connectivity index (χ4v) is 11.1. The van der Waals surface area contributed by atoms with Crippen LogP contribution in [0.15, 0.2) is 60.8 Å². The Hall–Kier alpha value is -5.30. The minimum atomic E-state index is -0.248. The molecule has 5 fully saturated rings. The van der Waals surface area contributed by atoms with Gasteiger partial charge in [-0.15, -0.1) is 10.2 Å². The average Bonchev–Trinajstić information content (AvgIpc) is 3.79. The van der Waals surface area contributed by atoms with Gasteiger partial charge in [-0.3, -0.25) is 14.9 Å². The minimum absolute atomic E-state index is 0.150. The van der Waals surface area contributed by atoms with Gasteiger partial charge in [0.25, 0.3) is 0 Å². The van der Waals surface area contributed by atoms with Crippen molar-refractivity contribution < 1.29 is 14.7 Å². The van der Waals surface area contributed by atoms with Gasteiger partial charge in [0.05, 0.1) is 11.4 Å². The quantitative estimate of drug-likeness (QED) is 0.213. The van der Waals surface area contributed by atoms with E-state index in [9.17, 15) is 14.7 Å². The molecule has 1 saturated carbocycles. The first kappa shape index (κ1) is 36.1. The van der Waals surface area contributed by atoms with Gasteiger partial charge in [-0.05, 0) is 125 Å². The lowest BCUT2D eigenvalue weighted by atomic mass is 9.78. The number of amides is 2. The summed E-state index contributed by atoms with van der Waals surface area (Å²) < 4.78 is 0. The number of carbonyl (C=O) groups is 2. The Balaban J connectivity index is 0.749. The molecule has 2 aromatic carbocycles. The first-order valence-electron chi connectivity index (χ1n) is 21.1. The molecule has 6 aliphatic rings. The number of phenols is 1. The van der Waals surface area contributed by atoms with E-state index in [1.54, 1.807) is 12.1 Å². The van der Waals surface area contributed by atoms with Crippen LogP contribution in [0.3, 0.4) is 0 Å². The molecule has 0 radical (unpaired) electrons.